The second kappa shape index (κ2) is 6.06. The number of hydrogen-bond donors (Lipinski definition) is 1. The molecule has 2 unspecified atom stereocenters. The minimum atomic E-state index is -3.51. The summed E-state index contributed by atoms with van der Waals surface area (Å²) < 4.78 is 29.0. The predicted molar refractivity (Wildman–Crippen MR) is 80.5 cm³/mol. The van der Waals surface area contributed by atoms with Gasteiger partial charge in [0.05, 0.1) is 24.5 Å². The van der Waals surface area contributed by atoms with Crippen molar-refractivity contribution in [2.75, 3.05) is 19.7 Å². The second-order valence-corrected chi connectivity index (χ2v) is 7.93. The molecular formula is C14H25N3O3S. The highest BCUT2D eigenvalue weighted by Gasteiger charge is 2.35. The van der Waals surface area contributed by atoms with Crippen molar-refractivity contribution in [2.24, 2.45) is 11.8 Å². The Morgan fingerprint density at radius 2 is 1.95 bits per heavy atom. The van der Waals surface area contributed by atoms with Crippen LogP contribution in [-0.2, 0) is 16.6 Å². The minimum Gasteiger partial charge on any atom is -0.394 e. The highest BCUT2D eigenvalue weighted by Crippen LogP contribution is 2.29. The van der Waals surface area contributed by atoms with Gasteiger partial charge in [-0.3, -0.25) is 4.68 Å². The van der Waals surface area contributed by atoms with Gasteiger partial charge in [-0.2, -0.15) is 9.40 Å². The summed E-state index contributed by atoms with van der Waals surface area (Å²) in [7, 11) is -3.51. The summed E-state index contributed by atoms with van der Waals surface area (Å²) >= 11 is 0. The molecule has 120 valence electrons. The van der Waals surface area contributed by atoms with Gasteiger partial charge in [0, 0.05) is 13.1 Å². The summed E-state index contributed by atoms with van der Waals surface area (Å²) in [6.45, 7) is 9.12. The van der Waals surface area contributed by atoms with E-state index in [0.29, 0.717) is 47.8 Å². The maximum Gasteiger partial charge on any atom is 0.246 e. The lowest BCUT2D eigenvalue weighted by Gasteiger charge is -2.34. The van der Waals surface area contributed by atoms with Crippen LogP contribution in [0.5, 0.6) is 0 Å². The van der Waals surface area contributed by atoms with E-state index in [0.717, 1.165) is 6.42 Å². The Kier molecular flexibility index (Phi) is 4.75. The van der Waals surface area contributed by atoms with Crippen molar-refractivity contribution in [3.63, 3.8) is 0 Å². The first-order chi connectivity index (χ1) is 9.78. The average Bonchev–Trinajstić information content (AvgIpc) is 2.68. The van der Waals surface area contributed by atoms with Crippen molar-refractivity contribution in [3.8, 4) is 0 Å². The van der Waals surface area contributed by atoms with Crippen LogP contribution in [0, 0.1) is 25.7 Å². The number of piperidine rings is 1. The van der Waals surface area contributed by atoms with Gasteiger partial charge < -0.3 is 5.11 Å². The van der Waals surface area contributed by atoms with Crippen LogP contribution in [0.15, 0.2) is 4.90 Å². The second-order valence-electron chi connectivity index (χ2n) is 6.05. The molecule has 0 bridgehead atoms. The van der Waals surface area contributed by atoms with E-state index in [9.17, 15) is 8.42 Å². The van der Waals surface area contributed by atoms with E-state index >= 15 is 0 Å². The van der Waals surface area contributed by atoms with E-state index in [1.54, 1.807) is 22.8 Å². The fourth-order valence-corrected chi connectivity index (χ4v) is 4.87. The third kappa shape index (κ3) is 3.00. The molecular weight excluding hydrogens is 290 g/mol. The zero-order valence-corrected chi connectivity index (χ0v) is 14.0. The Hall–Kier alpha value is -0.920. The van der Waals surface area contributed by atoms with Crippen LogP contribution in [0.2, 0.25) is 0 Å². The van der Waals surface area contributed by atoms with Crippen molar-refractivity contribution >= 4 is 10.0 Å². The van der Waals surface area contributed by atoms with Gasteiger partial charge >= 0.3 is 0 Å². The molecule has 1 aromatic heterocycles. The smallest absolute Gasteiger partial charge is 0.246 e. The summed E-state index contributed by atoms with van der Waals surface area (Å²) in [6.07, 6.45) is 0.892. The van der Waals surface area contributed by atoms with Crippen LogP contribution in [0.3, 0.4) is 0 Å². The molecule has 21 heavy (non-hydrogen) atoms. The van der Waals surface area contributed by atoms with E-state index < -0.39 is 10.0 Å². The number of aliphatic hydroxyl groups is 1. The molecule has 6 nitrogen and oxygen atoms in total. The molecule has 0 spiro atoms. The minimum absolute atomic E-state index is 0.0558. The van der Waals surface area contributed by atoms with Crippen molar-refractivity contribution in [2.45, 2.75) is 45.6 Å². The number of sulfonamides is 1. The van der Waals surface area contributed by atoms with E-state index in [1.165, 1.54) is 0 Å². The molecule has 1 fully saturated rings. The lowest BCUT2D eigenvalue weighted by molar-refractivity contribution is 0.212. The molecule has 2 atom stereocenters. The molecule has 1 aliphatic heterocycles. The largest absolute Gasteiger partial charge is 0.394 e. The maximum absolute atomic E-state index is 12.9. The molecule has 2 rings (SSSR count). The van der Waals surface area contributed by atoms with Gasteiger partial charge in [0.2, 0.25) is 10.0 Å². The summed E-state index contributed by atoms with van der Waals surface area (Å²) in [5, 5.41) is 13.3. The molecule has 0 saturated carbocycles. The average molecular weight is 315 g/mol. The maximum atomic E-state index is 12.9. The summed E-state index contributed by atoms with van der Waals surface area (Å²) in [5.41, 5.74) is 1.11. The first-order valence-corrected chi connectivity index (χ1v) is 8.88. The van der Waals surface area contributed by atoms with Crippen molar-refractivity contribution in [3.05, 3.63) is 11.4 Å². The first kappa shape index (κ1) is 16.5. The topological polar surface area (TPSA) is 75.4 Å². The summed E-state index contributed by atoms with van der Waals surface area (Å²) in [4.78, 5) is 0.303. The first-order valence-electron chi connectivity index (χ1n) is 7.44. The molecule has 1 saturated heterocycles. The van der Waals surface area contributed by atoms with Crippen molar-refractivity contribution < 1.29 is 13.5 Å². The zero-order valence-electron chi connectivity index (χ0n) is 13.2. The number of nitrogens with zero attached hydrogens (tertiary/aromatic N) is 3. The number of aromatic nitrogens is 2. The Morgan fingerprint density at radius 3 is 2.52 bits per heavy atom. The van der Waals surface area contributed by atoms with Gasteiger partial charge in [0.1, 0.15) is 4.90 Å². The predicted octanol–water partition coefficient (Wildman–Crippen LogP) is 1.16. The number of rotatable bonds is 4. The van der Waals surface area contributed by atoms with Gasteiger partial charge in [-0.25, -0.2) is 8.42 Å². The molecule has 0 radical (unpaired) electrons. The van der Waals surface area contributed by atoms with Gasteiger partial charge in [0.25, 0.3) is 0 Å². The van der Waals surface area contributed by atoms with E-state index in [4.69, 9.17) is 5.11 Å². The molecule has 2 heterocycles. The third-order valence-electron chi connectivity index (χ3n) is 4.52. The van der Waals surface area contributed by atoms with Crippen LogP contribution in [0.25, 0.3) is 0 Å². The Morgan fingerprint density at radius 1 is 1.29 bits per heavy atom. The molecule has 7 heteroatoms. The Balaban J connectivity index is 2.36. The van der Waals surface area contributed by atoms with Crippen molar-refractivity contribution in [1.29, 1.82) is 0 Å². The fourth-order valence-electron chi connectivity index (χ4n) is 2.94. The summed E-state index contributed by atoms with van der Waals surface area (Å²) in [6, 6.07) is 0. The van der Waals surface area contributed by atoms with Crippen LogP contribution in [-0.4, -0.2) is 47.3 Å². The molecule has 1 aliphatic rings. The normalized spacial score (nSPS) is 24.4. The molecule has 0 aliphatic carbocycles. The zero-order chi connectivity index (χ0) is 15.8. The Labute approximate surface area is 126 Å². The van der Waals surface area contributed by atoms with Crippen molar-refractivity contribution in [1.82, 2.24) is 14.1 Å². The number of aliphatic hydroxyl groups excluding tert-OH is 1. The van der Waals surface area contributed by atoms with Gasteiger partial charge in [-0.05, 0) is 32.1 Å². The lowest BCUT2D eigenvalue weighted by atomic mass is 9.90. The molecule has 1 aromatic rings. The lowest BCUT2D eigenvalue weighted by Crippen LogP contribution is -2.42. The fraction of sp³-hybridized carbons (Fsp3) is 0.786. The third-order valence-corrected chi connectivity index (χ3v) is 6.64. The Bertz CT molecular complexity index is 609. The van der Waals surface area contributed by atoms with E-state index in [1.807, 2.05) is 0 Å². The van der Waals surface area contributed by atoms with Gasteiger partial charge in [-0.1, -0.05) is 13.8 Å². The number of hydrogen-bond acceptors (Lipinski definition) is 4. The SMILES string of the molecule is Cc1nn(CCO)c(C)c1S(=O)(=O)N1CCC(C)C(C)C1. The van der Waals surface area contributed by atoms with E-state index in [-0.39, 0.29) is 6.61 Å². The van der Waals surface area contributed by atoms with Crippen LogP contribution < -0.4 is 0 Å². The monoisotopic (exact) mass is 315 g/mol. The number of aryl methyl sites for hydroxylation is 1. The van der Waals surface area contributed by atoms with E-state index in [2.05, 4.69) is 18.9 Å². The molecule has 1 N–H and O–H groups in total. The standard InChI is InChI=1S/C14H25N3O3S/c1-10-5-6-16(9-11(10)2)21(19,20)14-12(3)15-17(7-8-18)13(14)4/h10-11,18H,5-9H2,1-4H3. The molecule has 0 amide bonds. The van der Waals surface area contributed by atoms with Gasteiger partial charge in [0.15, 0.2) is 0 Å². The van der Waals surface area contributed by atoms with Crippen LogP contribution in [0.1, 0.15) is 31.7 Å². The van der Waals surface area contributed by atoms with Crippen LogP contribution >= 0.6 is 0 Å². The highest BCUT2D eigenvalue weighted by atomic mass is 32.2. The quantitative estimate of drug-likeness (QED) is 0.904. The van der Waals surface area contributed by atoms with Crippen LogP contribution in [0.4, 0.5) is 0 Å². The molecule has 0 aromatic carbocycles. The highest BCUT2D eigenvalue weighted by molar-refractivity contribution is 7.89. The van der Waals surface area contributed by atoms with Gasteiger partial charge in [-0.15, -0.1) is 0 Å². The summed E-state index contributed by atoms with van der Waals surface area (Å²) in [5.74, 6) is 0.914.